The van der Waals surface area contributed by atoms with E-state index in [2.05, 4.69) is 5.32 Å². The highest BCUT2D eigenvalue weighted by atomic mass is 32.2. The van der Waals surface area contributed by atoms with Gasteiger partial charge < -0.3 is 29.3 Å². The van der Waals surface area contributed by atoms with Crippen molar-refractivity contribution in [3.05, 3.63) is 45.8 Å². The maximum Gasteiger partial charge on any atom is 0.410 e. The molecule has 0 fully saturated rings. The van der Waals surface area contributed by atoms with Gasteiger partial charge >= 0.3 is 6.09 Å². The smallest absolute Gasteiger partial charge is 0.410 e. The molecule has 2 aromatic rings. The number of amides is 3. The number of sulfonamides is 1. The monoisotopic (exact) mass is 624 g/mol. The first-order chi connectivity index (χ1) is 20.1. The molecule has 0 radical (unpaired) electrons. The SMILES string of the molecule is CCOC(=O)N1CCc2c(sc(NC(=O)c3ccc(S(=O)(=O)N(CCOC)CCOC)cc3)c2C(=O)N(CC)CC)C1. The Morgan fingerprint density at radius 1 is 1.00 bits per heavy atom. The summed E-state index contributed by atoms with van der Waals surface area (Å²) < 4.78 is 43.0. The molecule has 2 heterocycles. The van der Waals surface area contributed by atoms with Crippen LogP contribution in [-0.4, -0.2) is 107 Å². The third kappa shape index (κ3) is 7.67. The van der Waals surface area contributed by atoms with E-state index in [1.165, 1.54) is 54.1 Å². The number of nitrogens with zero attached hydrogens (tertiary/aromatic N) is 3. The van der Waals surface area contributed by atoms with Crippen LogP contribution in [0.1, 0.15) is 51.9 Å². The van der Waals surface area contributed by atoms with Gasteiger partial charge in [-0.1, -0.05) is 0 Å². The minimum Gasteiger partial charge on any atom is -0.450 e. The number of methoxy groups -OCH3 is 2. The van der Waals surface area contributed by atoms with E-state index in [0.717, 1.165) is 10.4 Å². The second-order valence-corrected chi connectivity index (χ2v) is 12.5. The highest BCUT2D eigenvalue weighted by molar-refractivity contribution is 7.89. The number of nitrogens with one attached hydrogen (secondary N) is 1. The summed E-state index contributed by atoms with van der Waals surface area (Å²) in [6.07, 6.45) is 0.0368. The molecule has 1 N–H and O–H groups in total. The second-order valence-electron chi connectivity index (χ2n) is 9.42. The van der Waals surface area contributed by atoms with Crippen molar-refractivity contribution in [3.8, 4) is 0 Å². The molecule has 0 aliphatic carbocycles. The quantitative estimate of drug-likeness (QED) is 0.339. The molecule has 0 atom stereocenters. The van der Waals surface area contributed by atoms with E-state index in [1.54, 1.807) is 16.7 Å². The zero-order valence-corrected chi connectivity index (χ0v) is 26.4. The van der Waals surface area contributed by atoms with Gasteiger partial charge in [0.05, 0.1) is 36.8 Å². The van der Waals surface area contributed by atoms with Gasteiger partial charge in [0.25, 0.3) is 11.8 Å². The predicted octanol–water partition coefficient (Wildman–Crippen LogP) is 3.28. The number of fused-ring (bicyclic) bond motifs is 1. The van der Waals surface area contributed by atoms with Gasteiger partial charge in [-0.15, -0.1) is 11.3 Å². The molecule has 0 saturated carbocycles. The molecule has 1 aromatic carbocycles. The van der Waals surface area contributed by atoms with Crippen LogP contribution in [0.4, 0.5) is 9.80 Å². The fourth-order valence-electron chi connectivity index (χ4n) is 4.60. The van der Waals surface area contributed by atoms with Crippen LogP contribution in [0.25, 0.3) is 0 Å². The number of hydrogen-bond acceptors (Lipinski definition) is 9. The molecular formula is C28H40N4O8S2. The molecule has 0 unspecified atom stereocenters. The van der Waals surface area contributed by atoms with Crippen molar-refractivity contribution in [3.63, 3.8) is 0 Å². The standard InChI is InChI=1S/C28H40N4O8S2/c1-6-30(7-2)27(34)24-22-13-14-31(28(35)40-8-3)19-23(22)41-26(24)29-25(33)20-9-11-21(12-10-20)42(36,37)32(15-17-38-4)16-18-39-5/h9-12H,6-8,13-19H2,1-5H3,(H,29,33). The molecule has 232 valence electrons. The van der Waals surface area contributed by atoms with E-state index < -0.39 is 22.0 Å². The van der Waals surface area contributed by atoms with Crippen molar-refractivity contribution >= 4 is 44.3 Å². The number of ether oxygens (including phenoxy) is 3. The molecule has 3 rings (SSSR count). The summed E-state index contributed by atoms with van der Waals surface area (Å²) in [5.41, 5.74) is 1.48. The number of anilines is 1. The predicted molar refractivity (Wildman–Crippen MR) is 160 cm³/mol. The largest absolute Gasteiger partial charge is 0.450 e. The zero-order chi connectivity index (χ0) is 30.9. The minimum atomic E-state index is -3.85. The van der Waals surface area contributed by atoms with Crippen LogP contribution < -0.4 is 5.32 Å². The molecule has 1 aliphatic rings. The van der Waals surface area contributed by atoms with Crippen molar-refractivity contribution < 1.29 is 37.0 Å². The Morgan fingerprint density at radius 3 is 2.17 bits per heavy atom. The van der Waals surface area contributed by atoms with Crippen LogP contribution in [0.15, 0.2) is 29.2 Å². The van der Waals surface area contributed by atoms with E-state index in [4.69, 9.17) is 14.2 Å². The summed E-state index contributed by atoms with van der Waals surface area (Å²) >= 11 is 1.26. The average molecular weight is 625 g/mol. The summed E-state index contributed by atoms with van der Waals surface area (Å²) in [5, 5.41) is 3.28. The lowest BCUT2D eigenvalue weighted by Crippen LogP contribution is -2.37. The lowest BCUT2D eigenvalue weighted by molar-refractivity contribution is 0.0772. The summed E-state index contributed by atoms with van der Waals surface area (Å²) in [5.74, 6) is -0.671. The maximum absolute atomic E-state index is 13.6. The molecule has 14 heteroatoms. The van der Waals surface area contributed by atoms with Crippen molar-refractivity contribution in [2.45, 2.75) is 38.6 Å². The molecule has 12 nitrogen and oxygen atoms in total. The highest BCUT2D eigenvalue weighted by Crippen LogP contribution is 2.38. The normalized spacial score (nSPS) is 13.1. The van der Waals surface area contributed by atoms with E-state index in [9.17, 15) is 22.8 Å². The Bertz CT molecular complexity index is 1330. The maximum atomic E-state index is 13.6. The Balaban J connectivity index is 1.88. The minimum absolute atomic E-state index is 0.0364. The van der Waals surface area contributed by atoms with Crippen molar-refractivity contribution in [1.82, 2.24) is 14.1 Å². The van der Waals surface area contributed by atoms with Gasteiger partial charge in [-0.05, 0) is 57.0 Å². The molecule has 1 aliphatic heterocycles. The number of thiophene rings is 1. The lowest BCUT2D eigenvalue weighted by atomic mass is 10.0. The van der Waals surface area contributed by atoms with Gasteiger partial charge in [0.2, 0.25) is 10.0 Å². The van der Waals surface area contributed by atoms with Gasteiger partial charge in [0.1, 0.15) is 5.00 Å². The summed E-state index contributed by atoms with van der Waals surface area (Å²) in [7, 11) is -0.856. The first-order valence-electron chi connectivity index (χ1n) is 13.9. The van der Waals surface area contributed by atoms with Gasteiger partial charge in [-0.3, -0.25) is 9.59 Å². The van der Waals surface area contributed by atoms with Crippen LogP contribution >= 0.6 is 11.3 Å². The van der Waals surface area contributed by atoms with Gasteiger partial charge in [-0.2, -0.15) is 4.31 Å². The molecule has 3 amide bonds. The van der Waals surface area contributed by atoms with Crippen molar-refractivity contribution in [2.75, 3.05) is 72.1 Å². The number of rotatable bonds is 14. The topological polar surface area (TPSA) is 135 Å². The fraction of sp³-hybridized carbons (Fsp3) is 0.536. The van der Waals surface area contributed by atoms with Crippen molar-refractivity contribution in [1.29, 1.82) is 0 Å². The summed E-state index contributed by atoms with van der Waals surface area (Å²) in [4.78, 5) is 43.4. The van der Waals surface area contributed by atoms with Crippen LogP contribution in [0.2, 0.25) is 0 Å². The zero-order valence-electron chi connectivity index (χ0n) is 24.8. The van der Waals surface area contributed by atoms with E-state index in [-0.39, 0.29) is 55.8 Å². The van der Waals surface area contributed by atoms with Crippen molar-refractivity contribution in [2.24, 2.45) is 0 Å². The number of carbonyl (C=O) groups excluding carboxylic acids is 3. The third-order valence-corrected chi connectivity index (χ3v) is 9.96. The average Bonchev–Trinajstić information content (AvgIpc) is 3.34. The fourth-order valence-corrected chi connectivity index (χ4v) is 7.26. The Hall–Kier alpha value is -3.04. The molecule has 0 spiro atoms. The molecule has 42 heavy (non-hydrogen) atoms. The Morgan fingerprint density at radius 2 is 1.62 bits per heavy atom. The van der Waals surface area contributed by atoms with Crippen LogP contribution in [0.3, 0.4) is 0 Å². The second kappa shape index (κ2) is 15.4. The van der Waals surface area contributed by atoms with Gasteiger partial charge in [0.15, 0.2) is 0 Å². The molecular weight excluding hydrogens is 584 g/mol. The van der Waals surface area contributed by atoms with Gasteiger partial charge in [-0.25, -0.2) is 13.2 Å². The highest BCUT2D eigenvalue weighted by Gasteiger charge is 2.32. The Kier molecular flexibility index (Phi) is 12.3. The Labute approximate surface area is 251 Å². The lowest BCUT2D eigenvalue weighted by Gasteiger charge is -2.27. The van der Waals surface area contributed by atoms with E-state index in [1.807, 2.05) is 13.8 Å². The summed E-state index contributed by atoms with van der Waals surface area (Å²) in [6.45, 7) is 8.23. The van der Waals surface area contributed by atoms with Crippen LogP contribution in [0, 0.1) is 0 Å². The number of carbonyl (C=O) groups is 3. The molecule has 0 bridgehead atoms. The molecule has 0 saturated heterocycles. The van der Waals surface area contributed by atoms with Gasteiger partial charge in [0, 0.05) is 57.4 Å². The van der Waals surface area contributed by atoms with Crippen LogP contribution in [-0.2, 0) is 37.2 Å². The summed E-state index contributed by atoms with van der Waals surface area (Å²) in [6, 6.07) is 5.65. The first kappa shape index (κ1) is 33.5. The van der Waals surface area contributed by atoms with E-state index in [0.29, 0.717) is 36.6 Å². The molecule has 1 aromatic heterocycles. The third-order valence-electron chi connectivity index (χ3n) is 6.92. The van der Waals surface area contributed by atoms with Crippen LogP contribution in [0.5, 0.6) is 0 Å². The van der Waals surface area contributed by atoms with E-state index >= 15 is 0 Å². The number of benzene rings is 1. The first-order valence-corrected chi connectivity index (χ1v) is 16.1. The number of hydrogen-bond donors (Lipinski definition) is 1.